The highest BCUT2D eigenvalue weighted by Gasteiger charge is 2.21. The summed E-state index contributed by atoms with van der Waals surface area (Å²) < 4.78 is 10.5. The van der Waals surface area contributed by atoms with Crippen LogP contribution in [0, 0.1) is 0 Å². The quantitative estimate of drug-likeness (QED) is 0.665. The molecule has 1 heterocycles. The van der Waals surface area contributed by atoms with E-state index in [0.29, 0.717) is 31.1 Å². The third-order valence-electron chi connectivity index (χ3n) is 3.62. The average molecular weight is 329 g/mol. The van der Waals surface area contributed by atoms with Crippen molar-refractivity contribution in [1.82, 2.24) is 0 Å². The minimum Gasteiger partial charge on any atom is -0.462 e. The average Bonchev–Trinajstić information content (AvgIpc) is 2.50. The summed E-state index contributed by atoms with van der Waals surface area (Å²) >= 11 is 0. The van der Waals surface area contributed by atoms with Crippen molar-refractivity contribution < 1.29 is 14.3 Å². The van der Waals surface area contributed by atoms with Gasteiger partial charge in [0.2, 0.25) is 0 Å². The van der Waals surface area contributed by atoms with E-state index in [1.165, 1.54) is 0 Å². The summed E-state index contributed by atoms with van der Waals surface area (Å²) in [5.41, 5.74) is 9.31. The first-order valence-corrected chi connectivity index (χ1v) is 7.59. The molecule has 0 atom stereocenters. The summed E-state index contributed by atoms with van der Waals surface area (Å²) in [5, 5.41) is 0. The zero-order chi connectivity index (χ0) is 15.2. The molecule has 0 saturated carbocycles. The maximum absolute atomic E-state index is 12.2. The number of hydrogen-bond donors (Lipinski definition) is 1. The fourth-order valence-electron chi connectivity index (χ4n) is 2.57. The van der Waals surface area contributed by atoms with Crippen molar-refractivity contribution in [2.45, 2.75) is 26.7 Å². The maximum atomic E-state index is 12.2. The molecule has 124 valence electrons. The molecule has 2 rings (SSSR count). The van der Waals surface area contributed by atoms with Crippen molar-refractivity contribution in [3.8, 4) is 0 Å². The number of rotatable bonds is 5. The number of ether oxygens (including phenoxy) is 2. The molecule has 0 spiro atoms. The summed E-state index contributed by atoms with van der Waals surface area (Å²) in [4.78, 5) is 14.4. The van der Waals surface area contributed by atoms with E-state index in [1.807, 2.05) is 6.07 Å². The van der Waals surface area contributed by atoms with Crippen LogP contribution in [0.15, 0.2) is 12.1 Å². The molecule has 1 aromatic carbocycles. The molecule has 1 aliphatic heterocycles. The van der Waals surface area contributed by atoms with Crippen LogP contribution in [0.1, 0.15) is 36.2 Å². The largest absolute Gasteiger partial charge is 0.462 e. The molecule has 0 aliphatic carbocycles. The molecule has 0 amide bonds. The SMILES string of the molecule is CCCc1cc(N2CCOCC2)c(C(=O)OCC)cc1N.Cl. The van der Waals surface area contributed by atoms with Gasteiger partial charge in [-0.25, -0.2) is 4.79 Å². The van der Waals surface area contributed by atoms with Gasteiger partial charge >= 0.3 is 5.97 Å². The van der Waals surface area contributed by atoms with Crippen molar-refractivity contribution in [1.29, 1.82) is 0 Å². The molecule has 0 unspecified atom stereocenters. The van der Waals surface area contributed by atoms with Crippen LogP contribution in [-0.2, 0) is 15.9 Å². The lowest BCUT2D eigenvalue weighted by Crippen LogP contribution is -2.37. The van der Waals surface area contributed by atoms with E-state index in [9.17, 15) is 4.79 Å². The van der Waals surface area contributed by atoms with Gasteiger partial charge in [0, 0.05) is 18.8 Å². The molecule has 5 nitrogen and oxygen atoms in total. The zero-order valence-electron chi connectivity index (χ0n) is 13.3. The van der Waals surface area contributed by atoms with Gasteiger partial charge in [-0.15, -0.1) is 12.4 Å². The third kappa shape index (κ3) is 4.27. The second kappa shape index (κ2) is 8.86. The molecule has 1 saturated heterocycles. The van der Waals surface area contributed by atoms with E-state index in [1.54, 1.807) is 13.0 Å². The third-order valence-corrected chi connectivity index (χ3v) is 3.62. The maximum Gasteiger partial charge on any atom is 0.340 e. The van der Waals surface area contributed by atoms with E-state index >= 15 is 0 Å². The molecule has 2 N–H and O–H groups in total. The van der Waals surface area contributed by atoms with Gasteiger partial charge < -0.3 is 20.1 Å². The first-order valence-electron chi connectivity index (χ1n) is 7.59. The van der Waals surface area contributed by atoms with Crippen LogP contribution in [0.4, 0.5) is 11.4 Å². The lowest BCUT2D eigenvalue weighted by atomic mass is 10.0. The fourth-order valence-corrected chi connectivity index (χ4v) is 2.57. The van der Waals surface area contributed by atoms with Crippen LogP contribution in [-0.4, -0.2) is 38.9 Å². The highest BCUT2D eigenvalue weighted by Crippen LogP contribution is 2.29. The number of esters is 1. The molecule has 0 radical (unpaired) electrons. The number of carbonyl (C=O) groups is 1. The van der Waals surface area contributed by atoms with Crippen molar-refractivity contribution in [3.63, 3.8) is 0 Å². The van der Waals surface area contributed by atoms with Crippen LogP contribution in [0.5, 0.6) is 0 Å². The second-order valence-electron chi connectivity index (χ2n) is 5.14. The molecule has 1 fully saturated rings. The smallest absolute Gasteiger partial charge is 0.340 e. The Labute approximate surface area is 138 Å². The molecule has 0 bridgehead atoms. The lowest BCUT2D eigenvalue weighted by molar-refractivity contribution is 0.0526. The number of carbonyl (C=O) groups excluding carboxylic acids is 1. The molecule has 22 heavy (non-hydrogen) atoms. The van der Waals surface area contributed by atoms with E-state index in [4.69, 9.17) is 15.2 Å². The predicted octanol–water partition coefficient (Wildman–Crippen LogP) is 2.66. The molecular formula is C16H25ClN2O3. The van der Waals surface area contributed by atoms with Gasteiger partial charge in [-0.2, -0.15) is 0 Å². The van der Waals surface area contributed by atoms with Gasteiger partial charge in [0.05, 0.1) is 31.1 Å². The number of nitrogen functional groups attached to an aromatic ring is 1. The fraction of sp³-hybridized carbons (Fsp3) is 0.562. The molecule has 6 heteroatoms. The Balaban J connectivity index is 0.00000242. The van der Waals surface area contributed by atoms with E-state index in [-0.39, 0.29) is 18.4 Å². The Bertz CT molecular complexity index is 502. The molecular weight excluding hydrogens is 304 g/mol. The number of nitrogens with two attached hydrogens (primary N) is 1. The summed E-state index contributed by atoms with van der Waals surface area (Å²) in [6.07, 6.45) is 1.93. The van der Waals surface area contributed by atoms with Gasteiger partial charge in [-0.1, -0.05) is 13.3 Å². The summed E-state index contributed by atoms with van der Waals surface area (Å²) in [7, 11) is 0. The van der Waals surface area contributed by atoms with Gasteiger partial charge in [0.25, 0.3) is 0 Å². The van der Waals surface area contributed by atoms with Crippen molar-refractivity contribution in [2.75, 3.05) is 43.5 Å². The Hall–Kier alpha value is -1.46. The lowest BCUT2D eigenvalue weighted by Gasteiger charge is -2.31. The van der Waals surface area contributed by atoms with Crippen LogP contribution < -0.4 is 10.6 Å². The first kappa shape index (κ1) is 18.6. The van der Waals surface area contributed by atoms with Crippen LogP contribution in [0.2, 0.25) is 0 Å². The van der Waals surface area contributed by atoms with Crippen LogP contribution in [0.3, 0.4) is 0 Å². The Morgan fingerprint density at radius 3 is 2.59 bits per heavy atom. The van der Waals surface area contributed by atoms with Crippen molar-refractivity contribution in [3.05, 3.63) is 23.3 Å². The highest BCUT2D eigenvalue weighted by atomic mass is 35.5. The first-order chi connectivity index (χ1) is 10.2. The summed E-state index contributed by atoms with van der Waals surface area (Å²) in [5.74, 6) is -0.311. The molecule has 1 aromatic rings. The number of hydrogen-bond acceptors (Lipinski definition) is 5. The van der Waals surface area contributed by atoms with Gasteiger partial charge in [-0.3, -0.25) is 0 Å². The van der Waals surface area contributed by atoms with Crippen LogP contribution >= 0.6 is 12.4 Å². The number of benzene rings is 1. The molecule has 1 aliphatic rings. The van der Waals surface area contributed by atoms with E-state index in [2.05, 4.69) is 11.8 Å². The normalized spacial score (nSPS) is 14.4. The molecule has 0 aromatic heterocycles. The van der Waals surface area contributed by atoms with Crippen molar-refractivity contribution >= 4 is 29.8 Å². The Morgan fingerprint density at radius 1 is 1.32 bits per heavy atom. The monoisotopic (exact) mass is 328 g/mol. The van der Waals surface area contributed by atoms with E-state index in [0.717, 1.165) is 37.2 Å². The standard InChI is InChI=1S/C16H24N2O3.ClH/c1-3-5-12-10-15(18-6-8-20-9-7-18)13(11-14(12)17)16(19)21-4-2;/h10-11H,3-9,17H2,1-2H3;1H. The number of morpholine rings is 1. The van der Waals surface area contributed by atoms with Crippen molar-refractivity contribution in [2.24, 2.45) is 0 Å². The Kier molecular flexibility index (Phi) is 7.48. The second-order valence-corrected chi connectivity index (χ2v) is 5.14. The van der Waals surface area contributed by atoms with Gasteiger partial charge in [0.15, 0.2) is 0 Å². The summed E-state index contributed by atoms with van der Waals surface area (Å²) in [6.45, 7) is 7.20. The minimum absolute atomic E-state index is 0. The van der Waals surface area contributed by atoms with Crippen LogP contribution in [0.25, 0.3) is 0 Å². The number of nitrogens with zero attached hydrogens (tertiary/aromatic N) is 1. The number of anilines is 2. The number of halogens is 1. The van der Waals surface area contributed by atoms with Gasteiger partial charge in [0.1, 0.15) is 0 Å². The summed E-state index contributed by atoms with van der Waals surface area (Å²) in [6, 6.07) is 3.80. The zero-order valence-corrected chi connectivity index (χ0v) is 14.1. The van der Waals surface area contributed by atoms with Gasteiger partial charge in [-0.05, 0) is 31.0 Å². The van der Waals surface area contributed by atoms with E-state index < -0.39 is 0 Å². The topological polar surface area (TPSA) is 64.8 Å². The predicted molar refractivity (Wildman–Crippen MR) is 91.1 cm³/mol. The minimum atomic E-state index is -0.311. The Morgan fingerprint density at radius 2 is 2.00 bits per heavy atom. The highest BCUT2D eigenvalue weighted by molar-refractivity contribution is 5.97. The number of aryl methyl sites for hydroxylation is 1.